The van der Waals surface area contributed by atoms with Crippen molar-refractivity contribution in [1.29, 1.82) is 0 Å². The van der Waals surface area contributed by atoms with Gasteiger partial charge < -0.3 is 15.0 Å². The van der Waals surface area contributed by atoms with Crippen LogP contribution in [0.3, 0.4) is 0 Å². The zero-order valence-corrected chi connectivity index (χ0v) is 14.0. The Morgan fingerprint density at radius 1 is 1.17 bits per heavy atom. The standard InChI is InChI=1S/C18H24N2O4/c1-14(21)19-12-4-2-3-7-18(23)24-16-10-8-15(9-11-16)20-13-5-6-17(20)22/h8-11H,2-7,12-13H2,1H3,(H,19,21). The van der Waals surface area contributed by atoms with Crippen LogP contribution in [0.15, 0.2) is 24.3 Å². The van der Waals surface area contributed by atoms with E-state index in [1.165, 1.54) is 6.92 Å². The van der Waals surface area contributed by atoms with Crippen LogP contribution >= 0.6 is 0 Å². The number of rotatable bonds is 8. The quantitative estimate of drug-likeness (QED) is 0.451. The van der Waals surface area contributed by atoms with Gasteiger partial charge in [0.05, 0.1) is 0 Å². The summed E-state index contributed by atoms with van der Waals surface area (Å²) in [4.78, 5) is 35.9. The van der Waals surface area contributed by atoms with Crippen LogP contribution in [0.25, 0.3) is 0 Å². The van der Waals surface area contributed by atoms with Crippen LogP contribution in [-0.2, 0) is 14.4 Å². The Morgan fingerprint density at radius 2 is 1.92 bits per heavy atom. The molecular formula is C18H24N2O4. The molecule has 0 spiro atoms. The van der Waals surface area contributed by atoms with E-state index in [9.17, 15) is 14.4 Å². The van der Waals surface area contributed by atoms with Gasteiger partial charge >= 0.3 is 5.97 Å². The molecule has 1 saturated heterocycles. The van der Waals surface area contributed by atoms with E-state index in [4.69, 9.17) is 4.74 Å². The third-order valence-electron chi connectivity index (χ3n) is 3.89. The number of unbranched alkanes of at least 4 members (excludes halogenated alkanes) is 2. The average molecular weight is 332 g/mol. The third-order valence-corrected chi connectivity index (χ3v) is 3.89. The molecule has 1 aromatic rings. The minimum absolute atomic E-state index is 0.0338. The average Bonchev–Trinajstić information content (AvgIpc) is 2.97. The maximum absolute atomic E-state index is 11.8. The van der Waals surface area contributed by atoms with Gasteiger partial charge in [0.15, 0.2) is 0 Å². The summed E-state index contributed by atoms with van der Waals surface area (Å²) >= 11 is 0. The Morgan fingerprint density at radius 3 is 2.54 bits per heavy atom. The first-order chi connectivity index (χ1) is 11.6. The molecule has 1 N–H and O–H groups in total. The molecule has 0 aromatic heterocycles. The summed E-state index contributed by atoms with van der Waals surface area (Å²) in [6.07, 6.45) is 4.29. The number of carbonyl (C=O) groups excluding carboxylic acids is 3. The minimum atomic E-state index is -0.264. The number of amides is 2. The number of benzene rings is 1. The Hall–Kier alpha value is -2.37. The topological polar surface area (TPSA) is 75.7 Å². The van der Waals surface area contributed by atoms with Crippen molar-refractivity contribution >= 4 is 23.5 Å². The largest absolute Gasteiger partial charge is 0.427 e. The lowest BCUT2D eigenvalue weighted by Gasteiger charge is -2.15. The van der Waals surface area contributed by atoms with E-state index in [1.807, 2.05) is 0 Å². The summed E-state index contributed by atoms with van der Waals surface area (Å²) < 4.78 is 5.29. The van der Waals surface area contributed by atoms with Crippen molar-refractivity contribution in [1.82, 2.24) is 5.32 Å². The highest BCUT2D eigenvalue weighted by Crippen LogP contribution is 2.24. The van der Waals surface area contributed by atoms with Gasteiger partial charge in [-0.25, -0.2) is 0 Å². The Balaban J connectivity index is 1.68. The predicted molar refractivity (Wildman–Crippen MR) is 90.8 cm³/mol. The third kappa shape index (κ3) is 5.68. The maximum atomic E-state index is 11.8. The molecular weight excluding hydrogens is 308 g/mol. The smallest absolute Gasteiger partial charge is 0.311 e. The van der Waals surface area contributed by atoms with Crippen LogP contribution in [0.2, 0.25) is 0 Å². The predicted octanol–water partition coefficient (Wildman–Crippen LogP) is 2.42. The Labute approximate surface area is 142 Å². The maximum Gasteiger partial charge on any atom is 0.311 e. The highest BCUT2D eigenvalue weighted by molar-refractivity contribution is 5.95. The van der Waals surface area contributed by atoms with Gasteiger partial charge in [-0.05, 0) is 43.5 Å². The number of anilines is 1. The molecule has 0 radical (unpaired) electrons. The molecule has 1 aliphatic rings. The Kier molecular flexibility index (Phi) is 6.78. The summed E-state index contributed by atoms with van der Waals surface area (Å²) in [5.41, 5.74) is 0.843. The van der Waals surface area contributed by atoms with Gasteiger partial charge in [0.1, 0.15) is 5.75 Å². The SMILES string of the molecule is CC(=O)NCCCCCC(=O)Oc1ccc(N2CCCC2=O)cc1. The Bertz CT molecular complexity index is 583. The van der Waals surface area contributed by atoms with Crippen molar-refractivity contribution in [3.05, 3.63) is 24.3 Å². The molecule has 1 aromatic carbocycles. The lowest BCUT2D eigenvalue weighted by atomic mass is 10.2. The van der Waals surface area contributed by atoms with Crippen molar-refractivity contribution < 1.29 is 19.1 Å². The first-order valence-electron chi connectivity index (χ1n) is 8.42. The number of esters is 1. The second-order valence-corrected chi connectivity index (χ2v) is 5.91. The van der Waals surface area contributed by atoms with Gasteiger partial charge in [-0.2, -0.15) is 0 Å². The van der Waals surface area contributed by atoms with Crippen LogP contribution < -0.4 is 15.0 Å². The van der Waals surface area contributed by atoms with Crippen molar-refractivity contribution in [2.75, 3.05) is 18.0 Å². The molecule has 130 valence electrons. The molecule has 0 bridgehead atoms. The van der Waals surface area contributed by atoms with Gasteiger partial charge in [-0.15, -0.1) is 0 Å². The van der Waals surface area contributed by atoms with Gasteiger partial charge in [0, 0.05) is 38.5 Å². The molecule has 0 aliphatic carbocycles. The van der Waals surface area contributed by atoms with Gasteiger partial charge in [-0.1, -0.05) is 6.42 Å². The number of hydrogen-bond donors (Lipinski definition) is 1. The molecule has 0 atom stereocenters. The molecule has 2 amide bonds. The molecule has 0 saturated carbocycles. The fraction of sp³-hybridized carbons (Fsp3) is 0.500. The molecule has 1 aliphatic heterocycles. The van der Waals surface area contributed by atoms with Crippen LogP contribution in [0.1, 0.15) is 45.4 Å². The first kappa shape index (κ1) is 18.0. The van der Waals surface area contributed by atoms with Crippen LogP contribution in [0.5, 0.6) is 5.75 Å². The van der Waals surface area contributed by atoms with Crippen LogP contribution in [0.4, 0.5) is 5.69 Å². The monoisotopic (exact) mass is 332 g/mol. The fourth-order valence-electron chi connectivity index (χ4n) is 2.63. The van der Waals surface area contributed by atoms with Crippen molar-refractivity contribution in [3.8, 4) is 5.75 Å². The second-order valence-electron chi connectivity index (χ2n) is 5.91. The van der Waals surface area contributed by atoms with Crippen LogP contribution in [0, 0.1) is 0 Å². The van der Waals surface area contributed by atoms with E-state index in [0.717, 1.165) is 37.9 Å². The normalized spacial score (nSPS) is 13.9. The van der Waals surface area contributed by atoms with Gasteiger partial charge in [0.2, 0.25) is 11.8 Å². The molecule has 6 nitrogen and oxygen atoms in total. The lowest BCUT2D eigenvalue weighted by molar-refractivity contribution is -0.134. The van der Waals surface area contributed by atoms with E-state index >= 15 is 0 Å². The first-order valence-corrected chi connectivity index (χ1v) is 8.42. The summed E-state index contributed by atoms with van der Waals surface area (Å²) in [5.74, 6) is 0.334. The lowest BCUT2D eigenvalue weighted by Crippen LogP contribution is -2.23. The number of carbonyl (C=O) groups is 3. The van der Waals surface area contributed by atoms with E-state index in [-0.39, 0.29) is 17.8 Å². The highest BCUT2D eigenvalue weighted by atomic mass is 16.5. The number of ether oxygens (including phenoxy) is 1. The summed E-state index contributed by atoms with van der Waals surface area (Å²) in [6.45, 7) is 2.87. The van der Waals surface area contributed by atoms with Gasteiger partial charge in [-0.3, -0.25) is 14.4 Å². The van der Waals surface area contributed by atoms with Crippen LogP contribution in [-0.4, -0.2) is 30.9 Å². The van der Waals surface area contributed by atoms with E-state index < -0.39 is 0 Å². The molecule has 6 heteroatoms. The highest BCUT2D eigenvalue weighted by Gasteiger charge is 2.21. The van der Waals surface area contributed by atoms with Crippen molar-refractivity contribution in [2.45, 2.75) is 45.4 Å². The summed E-state index contributed by atoms with van der Waals surface area (Å²) in [7, 11) is 0. The second kappa shape index (κ2) is 9.05. The summed E-state index contributed by atoms with van der Waals surface area (Å²) in [6, 6.07) is 7.05. The number of nitrogens with one attached hydrogen (secondary N) is 1. The van der Waals surface area contributed by atoms with Crippen molar-refractivity contribution in [3.63, 3.8) is 0 Å². The van der Waals surface area contributed by atoms with E-state index in [0.29, 0.717) is 25.1 Å². The molecule has 0 unspecified atom stereocenters. The molecule has 1 heterocycles. The molecule has 1 fully saturated rings. The van der Waals surface area contributed by atoms with E-state index in [1.54, 1.807) is 29.2 Å². The van der Waals surface area contributed by atoms with Crippen molar-refractivity contribution in [2.24, 2.45) is 0 Å². The zero-order chi connectivity index (χ0) is 17.4. The van der Waals surface area contributed by atoms with E-state index in [2.05, 4.69) is 5.32 Å². The minimum Gasteiger partial charge on any atom is -0.427 e. The molecule has 24 heavy (non-hydrogen) atoms. The number of hydrogen-bond acceptors (Lipinski definition) is 4. The van der Waals surface area contributed by atoms with Gasteiger partial charge in [0.25, 0.3) is 0 Å². The zero-order valence-electron chi connectivity index (χ0n) is 14.0. The fourth-order valence-corrected chi connectivity index (χ4v) is 2.63. The number of nitrogens with zero attached hydrogens (tertiary/aromatic N) is 1. The summed E-state index contributed by atoms with van der Waals surface area (Å²) in [5, 5.41) is 2.72. The molecule has 2 rings (SSSR count).